The Morgan fingerprint density at radius 1 is 1.31 bits per heavy atom. The average molecular weight is 187 g/mol. The van der Waals surface area contributed by atoms with Crippen molar-refractivity contribution in [2.24, 2.45) is 0 Å². The maximum absolute atomic E-state index is 8.38. The lowest BCUT2D eigenvalue weighted by Gasteiger charge is -2.01. The lowest BCUT2D eigenvalue weighted by molar-refractivity contribution is 0.0217. The van der Waals surface area contributed by atoms with Crippen LogP contribution < -0.4 is 0 Å². The van der Waals surface area contributed by atoms with Crippen molar-refractivity contribution in [3.05, 3.63) is 18.4 Å². The van der Waals surface area contributed by atoms with Crippen LogP contribution in [-0.2, 0) is 16.1 Å². The van der Waals surface area contributed by atoms with E-state index in [1.54, 1.807) is 6.20 Å². The van der Waals surface area contributed by atoms with Crippen LogP contribution in [0.15, 0.2) is 16.9 Å². The summed E-state index contributed by atoms with van der Waals surface area (Å²) in [5, 5.41) is 8.38. The molecule has 74 valence electrons. The van der Waals surface area contributed by atoms with Gasteiger partial charge in [-0.15, -0.1) is 0 Å². The number of aliphatic hydroxyl groups excluding tert-OH is 1. The number of ether oxygens (including phenoxy) is 2. The van der Waals surface area contributed by atoms with Gasteiger partial charge in [-0.3, -0.25) is 0 Å². The van der Waals surface area contributed by atoms with Gasteiger partial charge in [-0.25, -0.2) is 4.98 Å². The minimum Gasteiger partial charge on any atom is -0.446 e. The Bertz CT molecular complexity index is 200. The molecule has 0 fully saturated rings. The molecule has 0 aliphatic heterocycles. The molecule has 0 saturated heterocycles. The fourth-order valence-electron chi connectivity index (χ4n) is 0.768. The number of rotatable bonds is 7. The first-order chi connectivity index (χ1) is 6.43. The zero-order valence-corrected chi connectivity index (χ0v) is 7.31. The van der Waals surface area contributed by atoms with E-state index in [4.69, 9.17) is 19.0 Å². The van der Waals surface area contributed by atoms with Crippen molar-refractivity contribution in [1.82, 2.24) is 4.98 Å². The molecule has 1 heterocycles. The lowest BCUT2D eigenvalue weighted by atomic mass is 10.7. The molecule has 0 aromatic carbocycles. The number of aromatic nitrogens is 1. The molecule has 0 aliphatic rings. The Labute approximate surface area is 76.3 Å². The third-order valence-corrected chi connectivity index (χ3v) is 1.32. The minimum atomic E-state index is 0.0414. The summed E-state index contributed by atoms with van der Waals surface area (Å²) >= 11 is 0. The molecule has 0 atom stereocenters. The van der Waals surface area contributed by atoms with Crippen molar-refractivity contribution in [3.63, 3.8) is 0 Å². The van der Waals surface area contributed by atoms with Gasteiger partial charge in [0.25, 0.3) is 0 Å². The SMILES string of the molecule is OCCOCCOCc1ncco1. The van der Waals surface area contributed by atoms with Crippen LogP contribution >= 0.6 is 0 Å². The quantitative estimate of drug-likeness (QED) is 0.618. The topological polar surface area (TPSA) is 64.7 Å². The molecule has 0 spiro atoms. The summed E-state index contributed by atoms with van der Waals surface area (Å²) in [5.41, 5.74) is 0. The highest BCUT2D eigenvalue weighted by Gasteiger charge is 1.96. The largest absolute Gasteiger partial charge is 0.446 e. The summed E-state index contributed by atoms with van der Waals surface area (Å²) in [6.07, 6.45) is 3.07. The van der Waals surface area contributed by atoms with E-state index in [2.05, 4.69) is 4.98 Å². The Kier molecular flexibility index (Phi) is 5.16. The van der Waals surface area contributed by atoms with Crippen molar-refractivity contribution in [2.75, 3.05) is 26.4 Å². The van der Waals surface area contributed by atoms with Crippen molar-refractivity contribution in [3.8, 4) is 0 Å². The Balaban J connectivity index is 1.90. The van der Waals surface area contributed by atoms with E-state index in [1.807, 2.05) is 0 Å². The zero-order chi connectivity index (χ0) is 9.36. The molecular weight excluding hydrogens is 174 g/mol. The molecule has 0 radical (unpaired) electrons. The second kappa shape index (κ2) is 6.59. The second-order valence-electron chi connectivity index (χ2n) is 2.31. The summed E-state index contributed by atoms with van der Waals surface area (Å²) < 4.78 is 15.1. The molecule has 5 heteroatoms. The van der Waals surface area contributed by atoms with Crippen LogP contribution in [0, 0.1) is 0 Å². The van der Waals surface area contributed by atoms with Gasteiger partial charge in [0.15, 0.2) is 0 Å². The van der Waals surface area contributed by atoms with Crippen LogP contribution in [0.3, 0.4) is 0 Å². The number of hydrogen-bond acceptors (Lipinski definition) is 5. The third kappa shape index (κ3) is 4.62. The van der Waals surface area contributed by atoms with Gasteiger partial charge in [-0.1, -0.05) is 0 Å². The van der Waals surface area contributed by atoms with Crippen LogP contribution in [0.2, 0.25) is 0 Å². The van der Waals surface area contributed by atoms with Gasteiger partial charge in [0, 0.05) is 0 Å². The first-order valence-electron chi connectivity index (χ1n) is 4.08. The van der Waals surface area contributed by atoms with E-state index in [0.29, 0.717) is 32.3 Å². The minimum absolute atomic E-state index is 0.0414. The molecule has 1 aromatic heterocycles. The van der Waals surface area contributed by atoms with Gasteiger partial charge in [-0.2, -0.15) is 0 Å². The van der Waals surface area contributed by atoms with Gasteiger partial charge in [0.1, 0.15) is 12.9 Å². The molecule has 0 amide bonds. The van der Waals surface area contributed by atoms with Crippen LogP contribution in [-0.4, -0.2) is 36.5 Å². The smallest absolute Gasteiger partial charge is 0.219 e. The van der Waals surface area contributed by atoms with E-state index in [0.717, 1.165) is 0 Å². The monoisotopic (exact) mass is 187 g/mol. The maximum atomic E-state index is 8.38. The van der Waals surface area contributed by atoms with Crippen LogP contribution in [0.25, 0.3) is 0 Å². The molecular formula is C8H13NO4. The van der Waals surface area contributed by atoms with E-state index in [-0.39, 0.29) is 6.61 Å². The number of hydrogen-bond donors (Lipinski definition) is 1. The summed E-state index contributed by atoms with van der Waals surface area (Å²) in [6.45, 7) is 1.70. The molecule has 13 heavy (non-hydrogen) atoms. The van der Waals surface area contributed by atoms with Gasteiger partial charge in [-0.05, 0) is 0 Å². The van der Waals surface area contributed by atoms with Gasteiger partial charge < -0.3 is 19.0 Å². The summed E-state index contributed by atoms with van der Waals surface area (Å²) in [4.78, 5) is 3.88. The van der Waals surface area contributed by atoms with Crippen molar-refractivity contribution in [2.45, 2.75) is 6.61 Å². The van der Waals surface area contributed by atoms with Crippen LogP contribution in [0.1, 0.15) is 5.89 Å². The molecule has 0 saturated carbocycles. The van der Waals surface area contributed by atoms with E-state index in [1.165, 1.54) is 6.26 Å². The van der Waals surface area contributed by atoms with Gasteiger partial charge in [0.05, 0.1) is 32.6 Å². The normalized spacial score (nSPS) is 10.5. The first kappa shape index (κ1) is 10.2. The molecule has 0 unspecified atom stereocenters. The summed E-state index contributed by atoms with van der Waals surface area (Å²) in [7, 11) is 0. The molecule has 1 N–H and O–H groups in total. The van der Waals surface area contributed by atoms with Gasteiger partial charge >= 0.3 is 0 Å². The summed E-state index contributed by atoms with van der Waals surface area (Å²) in [6, 6.07) is 0. The van der Waals surface area contributed by atoms with Gasteiger partial charge in [0.2, 0.25) is 5.89 Å². The van der Waals surface area contributed by atoms with Crippen LogP contribution in [0.5, 0.6) is 0 Å². The molecule has 5 nitrogen and oxygen atoms in total. The van der Waals surface area contributed by atoms with Crippen molar-refractivity contribution >= 4 is 0 Å². The van der Waals surface area contributed by atoms with E-state index < -0.39 is 0 Å². The maximum Gasteiger partial charge on any atom is 0.219 e. The van der Waals surface area contributed by atoms with Crippen molar-refractivity contribution in [1.29, 1.82) is 0 Å². The molecule has 0 bridgehead atoms. The predicted molar refractivity (Wildman–Crippen MR) is 44.1 cm³/mol. The third-order valence-electron chi connectivity index (χ3n) is 1.32. The Morgan fingerprint density at radius 2 is 2.15 bits per heavy atom. The van der Waals surface area contributed by atoms with E-state index >= 15 is 0 Å². The summed E-state index contributed by atoms with van der Waals surface area (Å²) in [5.74, 6) is 0.558. The standard InChI is InChI=1S/C8H13NO4/c10-2-4-11-5-6-12-7-8-9-1-3-13-8/h1,3,10H,2,4-7H2. The Hall–Kier alpha value is -0.910. The highest BCUT2D eigenvalue weighted by Crippen LogP contribution is 1.96. The first-order valence-corrected chi connectivity index (χ1v) is 4.08. The number of aliphatic hydroxyl groups is 1. The Morgan fingerprint density at radius 3 is 2.85 bits per heavy atom. The number of oxazole rings is 1. The highest BCUT2D eigenvalue weighted by atomic mass is 16.5. The fraction of sp³-hybridized carbons (Fsp3) is 0.625. The number of nitrogens with zero attached hydrogens (tertiary/aromatic N) is 1. The average Bonchev–Trinajstić information content (AvgIpc) is 2.63. The van der Waals surface area contributed by atoms with Crippen LogP contribution in [0.4, 0.5) is 0 Å². The zero-order valence-electron chi connectivity index (χ0n) is 7.31. The highest BCUT2D eigenvalue weighted by molar-refractivity contribution is 4.75. The lowest BCUT2D eigenvalue weighted by Crippen LogP contribution is -2.07. The predicted octanol–water partition coefficient (Wildman–Crippen LogP) is 0.200. The van der Waals surface area contributed by atoms with Crippen molar-refractivity contribution < 1.29 is 19.0 Å². The van der Waals surface area contributed by atoms with E-state index in [9.17, 15) is 0 Å². The second-order valence-corrected chi connectivity index (χ2v) is 2.31. The molecule has 0 aliphatic carbocycles. The fourth-order valence-corrected chi connectivity index (χ4v) is 0.768. The molecule has 1 aromatic rings. The molecule has 1 rings (SSSR count).